The zero-order valence-electron chi connectivity index (χ0n) is 13.2. The number of nitrogens with one attached hydrogen (secondary N) is 1. The second-order valence-electron chi connectivity index (χ2n) is 5.48. The van der Waals surface area contributed by atoms with Gasteiger partial charge in [-0.1, -0.05) is 0 Å². The summed E-state index contributed by atoms with van der Waals surface area (Å²) in [6.45, 7) is 3.28. The number of nitrogens with zero attached hydrogens (tertiary/aromatic N) is 1. The van der Waals surface area contributed by atoms with Crippen LogP contribution in [0.4, 0.5) is 5.69 Å². The van der Waals surface area contributed by atoms with Crippen LogP contribution in [0, 0.1) is 0 Å². The van der Waals surface area contributed by atoms with Gasteiger partial charge in [0, 0.05) is 25.1 Å². The van der Waals surface area contributed by atoms with Crippen LogP contribution in [0.2, 0.25) is 0 Å². The predicted molar refractivity (Wildman–Crippen MR) is 83.6 cm³/mol. The molecule has 1 atom stereocenters. The number of hydrogen-bond acceptors (Lipinski definition) is 5. The topological polar surface area (TPSA) is 95.9 Å². The summed E-state index contributed by atoms with van der Waals surface area (Å²) < 4.78 is 5.35. The lowest BCUT2D eigenvalue weighted by molar-refractivity contribution is -0.122. The van der Waals surface area contributed by atoms with Crippen molar-refractivity contribution in [3.05, 3.63) is 23.8 Å². The molecule has 0 saturated heterocycles. The number of fused-ring (bicyclic) bond motifs is 1. The first-order valence-corrected chi connectivity index (χ1v) is 7.41. The molecule has 2 N–H and O–H groups in total. The lowest BCUT2D eigenvalue weighted by Crippen LogP contribution is -2.41. The Morgan fingerprint density at radius 1 is 1.43 bits per heavy atom. The first-order valence-electron chi connectivity index (χ1n) is 7.41. The molecule has 2 amide bonds. The van der Waals surface area contributed by atoms with Crippen LogP contribution in [0.5, 0.6) is 5.75 Å². The van der Waals surface area contributed by atoms with Crippen molar-refractivity contribution in [3.8, 4) is 5.75 Å². The number of carbonyl (C=O) groups is 3. The summed E-state index contributed by atoms with van der Waals surface area (Å²) in [5.74, 6) is -0.115. The van der Waals surface area contributed by atoms with Gasteiger partial charge in [0.05, 0.1) is 11.8 Å². The molecule has 1 heterocycles. The number of rotatable bonds is 6. The largest absolute Gasteiger partial charge is 0.482 e. The normalized spacial score (nSPS) is 14.7. The number of carbonyl (C=O) groups excluding carboxylic acids is 3. The van der Waals surface area contributed by atoms with E-state index in [1.165, 1.54) is 11.8 Å². The van der Waals surface area contributed by atoms with Gasteiger partial charge in [-0.3, -0.25) is 14.4 Å². The second-order valence-corrected chi connectivity index (χ2v) is 5.48. The van der Waals surface area contributed by atoms with Crippen molar-refractivity contribution in [2.75, 3.05) is 24.6 Å². The van der Waals surface area contributed by atoms with Crippen molar-refractivity contribution in [2.24, 2.45) is 0 Å². The highest BCUT2D eigenvalue weighted by molar-refractivity contribution is 6.01. The summed E-state index contributed by atoms with van der Waals surface area (Å²) in [5.41, 5.74) is 0.975. The Morgan fingerprint density at radius 2 is 2.17 bits per heavy atom. The van der Waals surface area contributed by atoms with Crippen LogP contribution < -0.4 is 15.0 Å². The lowest BCUT2D eigenvalue weighted by Gasteiger charge is -2.29. The minimum atomic E-state index is -0.622. The Hall–Kier alpha value is -2.41. The molecule has 0 radical (unpaired) electrons. The zero-order chi connectivity index (χ0) is 17.0. The van der Waals surface area contributed by atoms with Crippen LogP contribution in [0.3, 0.4) is 0 Å². The minimum absolute atomic E-state index is 0.0955. The molecular weight excluding hydrogens is 300 g/mol. The Bertz CT molecular complexity index is 627. The third kappa shape index (κ3) is 4.29. The van der Waals surface area contributed by atoms with E-state index in [0.717, 1.165) is 0 Å². The van der Waals surface area contributed by atoms with Gasteiger partial charge in [0.15, 0.2) is 12.4 Å². The average molecular weight is 320 g/mol. The highest BCUT2D eigenvalue weighted by Gasteiger charge is 2.26. The predicted octanol–water partition coefficient (Wildman–Crippen LogP) is 0.502. The maximum atomic E-state index is 12.1. The zero-order valence-corrected chi connectivity index (χ0v) is 13.2. The van der Waals surface area contributed by atoms with E-state index in [1.54, 1.807) is 25.1 Å². The van der Waals surface area contributed by atoms with Crippen LogP contribution in [-0.2, 0) is 9.59 Å². The van der Waals surface area contributed by atoms with Crippen molar-refractivity contribution in [1.82, 2.24) is 5.32 Å². The number of benzene rings is 1. The van der Waals surface area contributed by atoms with Gasteiger partial charge < -0.3 is 20.1 Å². The van der Waals surface area contributed by atoms with Gasteiger partial charge in [0.1, 0.15) is 5.75 Å². The molecule has 1 unspecified atom stereocenters. The van der Waals surface area contributed by atoms with E-state index in [0.29, 0.717) is 17.0 Å². The molecule has 0 saturated carbocycles. The van der Waals surface area contributed by atoms with Crippen LogP contribution in [0.1, 0.15) is 30.6 Å². The summed E-state index contributed by atoms with van der Waals surface area (Å²) in [5, 5.41) is 11.7. The second kappa shape index (κ2) is 7.23. The van der Waals surface area contributed by atoms with Gasteiger partial charge in [-0.05, 0) is 32.0 Å². The highest BCUT2D eigenvalue weighted by Crippen LogP contribution is 2.33. The van der Waals surface area contributed by atoms with E-state index in [4.69, 9.17) is 9.84 Å². The third-order valence-electron chi connectivity index (χ3n) is 3.47. The Labute approximate surface area is 134 Å². The van der Waals surface area contributed by atoms with Crippen LogP contribution in [0.25, 0.3) is 0 Å². The molecule has 23 heavy (non-hydrogen) atoms. The molecule has 1 aromatic rings. The van der Waals surface area contributed by atoms with Gasteiger partial charge in [0.25, 0.3) is 5.91 Å². The van der Waals surface area contributed by atoms with Crippen molar-refractivity contribution in [3.63, 3.8) is 0 Å². The van der Waals surface area contributed by atoms with Crippen LogP contribution >= 0.6 is 0 Å². The minimum Gasteiger partial charge on any atom is -0.482 e. The van der Waals surface area contributed by atoms with Gasteiger partial charge >= 0.3 is 0 Å². The van der Waals surface area contributed by atoms with Gasteiger partial charge in [0.2, 0.25) is 5.91 Å². The monoisotopic (exact) mass is 320 g/mol. The van der Waals surface area contributed by atoms with Crippen molar-refractivity contribution >= 4 is 23.3 Å². The van der Waals surface area contributed by atoms with E-state index < -0.39 is 6.10 Å². The SMILES string of the molecule is CC(=O)c1ccc2c(c1)N(CCC(=O)NCC(C)O)C(=O)CO2. The number of amides is 2. The highest BCUT2D eigenvalue weighted by atomic mass is 16.5. The van der Waals surface area contributed by atoms with E-state index in [2.05, 4.69) is 5.32 Å². The van der Waals surface area contributed by atoms with Crippen molar-refractivity contribution in [2.45, 2.75) is 26.4 Å². The number of aliphatic hydroxyl groups is 1. The molecule has 0 spiro atoms. The van der Waals surface area contributed by atoms with Crippen LogP contribution in [-0.4, -0.2) is 48.5 Å². The fourth-order valence-corrected chi connectivity index (χ4v) is 2.23. The standard InChI is InChI=1S/C16H20N2O5/c1-10(19)8-17-15(21)5-6-18-13-7-12(11(2)20)3-4-14(13)23-9-16(18)22/h3-4,7,10,19H,5-6,8-9H2,1-2H3,(H,17,21). The molecule has 2 rings (SSSR count). The fourth-order valence-electron chi connectivity index (χ4n) is 2.23. The van der Waals surface area contributed by atoms with E-state index in [9.17, 15) is 14.4 Å². The molecule has 1 aliphatic rings. The summed E-state index contributed by atoms with van der Waals surface area (Å²) >= 11 is 0. The van der Waals surface area contributed by atoms with E-state index in [-0.39, 0.29) is 43.7 Å². The number of ether oxygens (including phenoxy) is 1. The molecule has 1 aromatic carbocycles. The van der Waals surface area contributed by atoms with Crippen molar-refractivity contribution in [1.29, 1.82) is 0 Å². The van der Waals surface area contributed by atoms with Crippen LogP contribution in [0.15, 0.2) is 18.2 Å². The number of hydrogen-bond donors (Lipinski definition) is 2. The maximum absolute atomic E-state index is 12.1. The maximum Gasteiger partial charge on any atom is 0.265 e. The smallest absolute Gasteiger partial charge is 0.265 e. The summed E-state index contributed by atoms with van der Waals surface area (Å²) in [7, 11) is 0. The molecule has 124 valence electrons. The van der Waals surface area contributed by atoms with Gasteiger partial charge in [-0.2, -0.15) is 0 Å². The molecule has 1 aliphatic heterocycles. The molecule has 7 nitrogen and oxygen atoms in total. The molecule has 0 bridgehead atoms. The summed E-state index contributed by atoms with van der Waals surface area (Å²) in [6.07, 6.45) is -0.523. The molecular formula is C16H20N2O5. The lowest BCUT2D eigenvalue weighted by atomic mass is 10.1. The Kier molecular flexibility index (Phi) is 5.33. The number of anilines is 1. The number of ketones is 1. The van der Waals surface area contributed by atoms with Crippen molar-refractivity contribution < 1.29 is 24.2 Å². The third-order valence-corrected chi connectivity index (χ3v) is 3.47. The fraction of sp³-hybridized carbons (Fsp3) is 0.438. The first kappa shape index (κ1) is 17.0. The van der Waals surface area contributed by atoms with E-state index in [1.807, 2.05) is 0 Å². The molecule has 0 aliphatic carbocycles. The molecule has 7 heteroatoms. The summed E-state index contributed by atoms with van der Waals surface area (Å²) in [4.78, 5) is 36.8. The average Bonchev–Trinajstić information content (AvgIpc) is 2.51. The number of aliphatic hydroxyl groups excluding tert-OH is 1. The van der Waals surface area contributed by atoms with Gasteiger partial charge in [-0.15, -0.1) is 0 Å². The first-order chi connectivity index (χ1) is 10.9. The van der Waals surface area contributed by atoms with Gasteiger partial charge in [-0.25, -0.2) is 0 Å². The number of Topliss-reactive ketones (excluding diaryl/α,β-unsaturated/α-hetero) is 1. The Balaban J connectivity index is 2.10. The molecule has 0 fully saturated rings. The molecule has 0 aromatic heterocycles. The summed E-state index contributed by atoms with van der Waals surface area (Å²) in [6, 6.07) is 4.89. The quantitative estimate of drug-likeness (QED) is 0.744. The van der Waals surface area contributed by atoms with E-state index >= 15 is 0 Å². The Morgan fingerprint density at radius 3 is 2.83 bits per heavy atom.